The van der Waals surface area contributed by atoms with Crippen molar-refractivity contribution in [3.8, 4) is 0 Å². The molecule has 3 fully saturated rings. The maximum atomic E-state index is 13.3. The number of benzene rings is 1. The second-order valence-electron chi connectivity index (χ2n) is 7.67. The van der Waals surface area contributed by atoms with Crippen molar-refractivity contribution >= 4 is 15.9 Å². The Labute approximate surface area is 171 Å². The highest BCUT2D eigenvalue weighted by molar-refractivity contribution is 7.89. The third-order valence-electron chi connectivity index (χ3n) is 5.79. The summed E-state index contributed by atoms with van der Waals surface area (Å²) in [6.07, 6.45) is 2.35. The van der Waals surface area contributed by atoms with E-state index in [0.29, 0.717) is 57.2 Å². The predicted molar refractivity (Wildman–Crippen MR) is 105 cm³/mol. The summed E-state index contributed by atoms with van der Waals surface area (Å²) in [4.78, 5) is 15.3. The van der Waals surface area contributed by atoms with Crippen molar-refractivity contribution in [2.45, 2.75) is 43.4 Å². The van der Waals surface area contributed by atoms with E-state index in [4.69, 9.17) is 14.2 Å². The zero-order chi connectivity index (χ0) is 20.4. The van der Waals surface area contributed by atoms with Crippen LogP contribution in [0.15, 0.2) is 23.1 Å². The fourth-order valence-corrected chi connectivity index (χ4v) is 5.85. The molecule has 3 saturated heterocycles. The van der Waals surface area contributed by atoms with Gasteiger partial charge in [0.25, 0.3) is 5.91 Å². The van der Waals surface area contributed by atoms with Crippen LogP contribution in [0, 0.1) is 6.92 Å². The van der Waals surface area contributed by atoms with E-state index in [-0.39, 0.29) is 16.8 Å². The van der Waals surface area contributed by atoms with Gasteiger partial charge in [-0.2, -0.15) is 4.31 Å². The average molecular weight is 425 g/mol. The van der Waals surface area contributed by atoms with Crippen LogP contribution in [0.3, 0.4) is 0 Å². The van der Waals surface area contributed by atoms with E-state index in [1.807, 2.05) is 0 Å². The summed E-state index contributed by atoms with van der Waals surface area (Å²) >= 11 is 0. The van der Waals surface area contributed by atoms with Gasteiger partial charge in [-0.1, -0.05) is 6.07 Å². The van der Waals surface area contributed by atoms with Crippen molar-refractivity contribution in [2.24, 2.45) is 0 Å². The van der Waals surface area contributed by atoms with Crippen molar-refractivity contribution in [1.29, 1.82) is 0 Å². The third-order valence-corrected chi connectivity index (χ3v) is 7.84. The summed E-state index contributed by atoms with van der Waals surface area (Å²) < 4.78 is 44.3. The Balaban J connectivity index is 1.61. The molecule has 0 aromatic heterocycles. The molecular formula is C20H28N2O6S. The van der Waals surface area contributed by atoms with Gasteiger partial charge in [-0.25, -0.2) is 8.42 Å². The summed E-state index contributed by atoms with van der Waals surface area (Å²) in [5.41, 5.74) is 1.01. The van der Waals surface area contributed by atoms with E-state index in [1.165, 1.54) is 10.4 Å². The normalized spacial score (nSPS) is 24.7. The van der Waals surface area contributed by atoms with Gasteiger partial charge in [0.05, 0.1) is 37.4 Å². The van der Waals surface area contributed by atoms with Crippen LogP contribution in [-0.2, 0) is 24.2 Å². The number of piperidine rings is 1. The first-order valence-corrected chi connectivity index (χ1v) is 11.7. The zero-order valence-corrected chi connectivity index (χ0v) is 17.5. The molecule has 0 saturated carbocycles. The van der Waals surface area contributed by atoms with Crippen molar-refractivity contribution in [3.63, 3.8) is 0 Å². The average Bonchev–Trinajstić information content (AvgIpc) is 3.29. The number of morpholine rings is 1. The minimum Gasteiger partial charge on any atom is -0.379 e. The molecule has 1 unspecified atom stereocenters. The van der Waals surface area contributed by atoms with Gasteiger partial charge in [0.15, 0.2) is 6.29 Å². The maximum Gasteiger partial charge on any atom is 0.254 e. The molecule has 0 radical (unpaired) electrons. The second kappa shape index (κ2) is 8.69. The molecule has 0 N–H and O–H groups in total. The lowest BCUT2D eigenvalue weighted by Gasteiger charge is -2.38. The Morgan fingerprint density at radius 1 is 1.03 bits per heavy atom. The van der Waals surface area contributed by atoms with Crippen molar-refractivity contribution < 1.29 is 27.4 Å². The van der Waals surface area contributed by atoms with Gasteiger partial charge in [0, 0.05) is 25.2 Å². The van der Waals surface area contributed by atoms with Crippen LogP contribution in [0.25, 0.3) is 0 Å². The summed E-state index contributed by atoms with van der Waals surface area (Å²) in [6, 6.07) is 4.80. The molecule has 9 heteroatoms. The van der Waals surface area contributed by atoms with Gasteiger partial charge in [-0.3, -0.25) is 4.79 Å². The Kier molecular flexibility index (Phi) is 6.21. The highest BCUT2D eigenvalue weighted by Gasteiger charge is 2.37. The zero-order valence-electron chi connectivity index (χ0n) is 16.7. The topological polar surface area (TPSA) is 85.4 Å². The lowest BCUT2D eigenvalue weighted by Crippen LogP contribution is -2.50. The standard InChI is InChI=1S/C20H28N2O6S/c1-15-5-6-16(14-18(15)29(24,25)21-8-10-26-11-9-21)19(23)22-7-3-2-4-17(22)20-27-12-13-28-20/h5-6,14,17,20H,2-4,7-13H2,1H3. The first-order valence-electron chi connectivity index (χ1n) is 10.2. The van der Waals surface area contributed by atoms with Gasteiger partial charge in [0.2, 0.25) is 10.0 Å². The van der Waals surface area contributed by atoms with Crippen LogP contribution in [0.4, 0.5) is 0 Å². The number of ether oxygens (including phenoxy) is 3. The first-order chi connectivity index (χ1) is 14.0. The minimum absolute atomic E-state index is 0.139. The fourth-order valence-electron chi connectivity index (χ4n) is 4.19. The van der Waals surface area contributed by atoms with Crippen LogP contribution < -0.4 is 0 Å². The number of hydrogen-bond acceptors (Lipinski definition) is 6. The smallest absolute Gasteiger partial charge is 0.254 e. The fraction of sp³-hybridized carbons (Fsp3) is 0.650. The summed E-state index contributed by atoms with van der Waals surface area (Å²) in [5, 5.41) is 0. The Morgan fingerprint density at radius 2 is 1.76 bits per heavy atom. The Hall–Kier alpha value is -1.52. The number of hydrogen-bond donors (Lipinski definition) is 0. The van der Waals surface area contributed by atoms with Gasteiger partial charge in [-0.05, 0) is 43.9 Å². The predicted octanol–water partition coefficient (Wildman–Crippen LogP) is 1.38. The van der Waals surface area contributed by atoms with Crippen molar-refractivity contribution in [1.82, 2.24) is 9.21 Å². The highest BCUT2D eigenvalue weighted by atomic mass is 32.2. The third kappa shape index (κ3) is 4.20. The second-order valence-corrected chi connectivity index (χ2v) is 9.57. The van der Waals surface area contributed by atoms with Gasteiger partial charge in [0.1, 0.15) is 0 Å². The van der Waals surface area contributed by atoms with E-state index < -0.39 is 16.3 Å². The number of amides is 1. The number of nitrogens with zero attached hydrogens (tertiary/aromatic N) is 2. The quantitative estimate of drug-likeness (QED) is 0.726. The molecule has 1 amide bonds. The maximum absolute atomic E-state index is 13.3. The molecule has 0 spiro atoms. The number of likely N-dealkylation sites (tertiary alicyclic amines) is 1. The van der Waals surface area contributed by atoms with Crippen LogP contribution >= 0.6 is 0 Å². The molecule has 0 bridgehead atoms. The van der Waals surface area contributed by atoms with E-state index in [1.54, 1.807) is 24.0 Å². The molecule has 1 aromatic rings. The summed E-state index contributed by atoms with van der Waals surface area (Å²) in [6.45, 7) is 4.86. The van der Waals surface area contributed by atoms with Crippen LogP contribution in [0.5, 0.6) is 0 Å². The van der Waals surface area contributed by atoms with Crippen LogP contribution in [-0.4, -0.2) is 81.9 Å². The highest BCUT2D eigenvalue weighted by Crippen LogP contribution is 2.28. The van der Waals surface area contributed by atoms with Gasteiger partial charge < -0.3 is 19.1 Å². The number of carbonyl (C=O) groups excluding carboxylic acids is 1. The van der Waals surface area contributed by atoms with E-state index in [0.717, 1.165) is 19.3 Å². The molecule has 29 heavy (non-hydrogen) atoms. The molecule has 160 valence electrons. The largest absolute Gasteiger partial charge is 0.379 e. The van der Waals surface area contributed by atoms with E-state index >= 15 is 0 Å². The molecule has 3 aliphatic rings. The first kappa shape index (κ1) is 20.7. The lowest BCUT2D eigenvalue weighted by molar-refractivity contribution is -0.100. The molecule has 0 aliphatic carbocycles. The summed E-state index contributed by atoms with van der Waals surface area (Å²) in [5.74, 6) is -0.174. The number of rotatable bonds is 4. The molecule has 3 aliphatic heterocycles. The molecule has 1 aromatic carbocycles. The summed E-state index contributed by atoms with van der Waals surface area (Å²) in [7, 11) is -3.68. The van der Waals surface area contributed by atoms with Gasteiger partial charge >= 0.3 is 0 Å². The Morgan fingerprint density at radius 3 is 2.48 bits per heavy atom. The molecular weight excluding hydrogens is 396 g/mol. The molecule has 3 heterocycles. The lowest BCUT2D eigenvalue weighted by atomic mass is 10.00. The number of carbonyl (C=O) groups is 1. The van der Waals surface area contributed by atoms with Crippen LogP contribution in [0.1, 0.15) is 35.2 Å². The molecule has 4 rings (SSSR count). The van der Waals surface area contributed by atoms with Crippen LogP contribution in [0.2, 0.25) is 0 Å². The van der Waals surface area contributed by atoms with E-state index in [2.05, 4.69) is 0 Å². The van der Waals surface area contributed by atoms with Crippen molar-refractivity contribution in [3.05, 3.63) is 29.3 Å². The molecule has 1 atom stereocenters. The van der Waals surface area contributed by atoms with Crippen molar-refractivity contribution in [2.75, 3.05) is 46.1 Å². The number of aryl methyl sites for hydroxylation is 1. The van der Waals surface area contributed by atoms with E-state index in [9.17, 15) is 13.2 Å². The van der Waals surface area contributed by atoms with Gasteiger partial charge in [-0.15, -0.1) is 0 Å². The number of sulfonamides is 1. The Bertz CT molecular complexity index is 847. The SMILES string of the molecule is Cc1ccc(C(=O)N2CCCCC2C2OCCO2)cc1S(=O)(=O)N1CCOCC1. The molecule has 8 nitrogen and oxygen atoms in total. The minimum atomic E-state index is -3.68. The monoisotopic (exact) mass is 424 g/mol.